The fourth-order valence-corrected chi connectivity index (χ4v) is 1.23. The van der Waals surface area contributed by atoms with Crippen molar-refractivity contribution in [2.24, 2.45) is 0 Å². The zero-order chi connectivity index (χ0) is 12.5. The fraction of sp³-hybridized carbons (Fsp3) is 0. The number of benzene rings is 1. The molecule has 1 rings (SSSR count). The van der Waals surface area contributed by atoms with Gasteiger partial charge in [-0.15, -0.1) is 0 Å². The third-order valence-electron chi connectivity index (χ3n) is 1.84. The molecular formula is C9H7NO6. The Morgan fingerprint density at radius 1 is 0.875 bits per heavy atom. The summed E-state index contributed by atoms with van der Waals surface area (Å²) in [5.41, 5.74) is 3.08. The van der Waals surface area contributed by atoms with Crippen LogP contribution in [0.2, 0.25) is 0 Å². The molecule has 0 aliphatic rings. The number of carboxylic acid groups (broad SMARTS) is 3. The highest BCUT2D eigenvalue weighted by atomic mass is 16.4. The number of nitrogen functional groups attached to an aromatic ring is 1. The van der Waals surface area contributed by atoms with Crippen molar-refractivity contribution in [3.8, 4) is 0 Å². The van der Waals surface area contributed by atoms with Gasteiger partial charge in [-0.3, -0.25) is 0 Å². The molecule has 1 aromatic carbocycles. The van der Waals surface area contributed by atoms with Gasteiger partial charge in [-0.25, -0.2) is 14.4 Å². The largest absolute Gasteiger partial charge is 0.478 e. The fourth-order valence-electron chi connectivity index (χ4n) is 1.23. The van der Waals surface area contributed by atoms with E-state index in [0.29, 0.717) is 0 Å². The summed E-state index contributed by atoms with van der Waals surface area (Å²) in [6.45, 7) is 0. The normalized spacial score (nSPS) is 9.75. The topological polar surface area (TPSA) is 138 Å². The van der Waals surface area contributed by atoms with Gasteiger partial charge in [0.25, 0.3) is 0 Å². The van der Waals surface area contributed by atoms with Crippen LogP contribution in [-0.4, -0.2) is 33.2 Å². The molecule has 0 aliphatic heterocycles. The Morgan fingerprint density at radius 3 is 1.50 bits per heavy atom. The van der Waals surface area contributed by atoms with E-state index in [1.807, 2.05) is 0 Å². The molecule has 16 heavy (non-hydrogen) atoms. The van der Waals surface area contributed by atoms with Crippen molar-refractivity contribution in [2.45, 2.75) is 0 Å². The van der Waals surface area contributed by atoms with E-state index in [0.717, 1.165) is 12.1 Å². The van der Waals surface area contributed by atoms with Gasteiger partial charge in [0, 0.05) is 5.69 Å². The zero-order valence-corrected chi connectivity index (χ0v) is 7.80. The van der Waals surface area contributed by atoms with E-state index in [1.165, 1.54) is 0 Å². The summed E-state index contributed by atoms with van der Waals surface area (Å²) in [6, 6.07) is 1.80. The number of aromatic carboxylic acids is 3. The average molecular weight is 225 g/mol. The molecule has 0 unspecified atom stereocenters. The van der Waals surface area contributed by atoms with Crippen molar-refractivity contribution in [2.75, 3.05) is 5.73 Å². The zero-order valence-electron chi connectivity index (χ0n) is 7.80. The van der Waals surface area contributed by atoms with E-state index >= 15 is 0 Å². The summed E-state index contributed by atoms with van der Waals surface area (Å²) in [6.07, 6.45) is 0. The highest BCUT2D eigenvalue weighted by Crippen LogP contribution is 2.20. The van der Waals surface area contributed by atoms with Crippen LogP contribution in [0.5, 0.6) is 0 Å². The molecule has 0 atom stereocenters. The first-order valence-corrected chi connectivity index (χ1v) is 3.98. The van der Waals surface area contributed by atoms with E-state index in [2.05, 4.69) is 0 Å². The van der Waals surface area contributed by atoms with Crippen LogP contribution < -0.4 is 5.73 Å². The molecule has 0 bridgehead atoms. The summed E-state index contributed by atoms with van der Waals surface area (Å²) in [7, 11) is 0. The minimum atomic E-state index is -1.63. The number of anilines is 1. The van der Waals surface area contributed by atoms with E-state index in [4.69, 9.17) is 21.1 Å². The van der Waals surface area contributed by atoms with Crippen molar-refractivity contribution in [1.82, 2.24) is 0 Å². The van der Waals surface area contributed by atoms with E-state index < -0.39 is 34.6 Å². The van der Waals surface area contributed by atoms with Crippen molar-refractivity contribution in [1.29, 1.82) is 0 Å². The molecule has 7 nitrogen and oxygen atoms in total. The summed E-state index contributed by atoms with van der Waals surface area (Å²) >= 11 is 0. The SMILES string of the molecule is Nc1cc(C(=O)O)c(C(=O)O)c(C(=O)O)c1. The van der Waals surface area contributed by atoms with Gasteiger partial charge >= 0.3 is 17.9 Å². The molecule has 0 aromatic heterocycles. The van der Waals surface area contributed by atoms with Crippen molar-refractivity contribution >= 4 is 23.6 Å². The molecule has 0 saturated heterocycles. The lowest BCUT2D eigenvalue weighted by Crippen LogP contribution is -2.15. The Hall–Kier alpha value is -2.57. The first-order valence-electron chi connectivity index (χ1n) is 3.98. The van der Waals surface area contributed by atoms with Gasteiger partial charge in [-0.05, 0) is 12.1 Å². The molecule has 0 heterocycles. The Morgan fingerprint density at radius 2 is 1.25 bits per heavy atom. The molecular weight excluding hydrogens is 218 g/mol. The van der Waals surface area contributed by atoms with Gasteiger partial charge in [-0.2, -0.15) is 0 Å². The van der Waals surface area contributed by atoms with Crippen LogP contribution >= 0.6 is 0 Å². The van der Waals surface area contributed by atoms with Crippen molar-refractivity contribution in [3.63, 3.8) is 0 Å². The Kier molecular flexibility index (Phi) is 2.80. The maximum atomic E-state index is 10.8. The number of hydrogen-bond donors (Lipinski definition) is 4. The third-order valence-corrected chi connectivity index (χ3v) is 1.84. The summed E-state index contributed by atoms with van der Waals surface area (Å²) in [5, 5.41) is 26.2. The monoisotopic (exact) mass is 225 g/mol. The van der Waals surface area contributed by atoms with Gasteiger partial charge in [-0.1, -0.05) is 0 Å². The molecule has 7 heteroatoms. The average Bonchev–Trinajstić information content (AvgIpc) is 2.15. The number of carbonyl (C=O) groups is 3. The smallest absolute Gasteiger partial charge is 0.337 e. The summed E-state index contributed by atoms with van der Waals surface area (Å²) in [4.78, 5) is 32.3. The second-order valence-corrected chi connectivity index (χ2v) is 2.91. The molecule has 0 spiro atoms. The Labute approximate surface area is 88.7 Å². The van der Waals surface area contributed by atoms with E-state index in [9.17, 15) is 14.4 Å². The van der Waals surface area contributed by atoms with Crippen LogP contribution in [0, 0.1) is 0 Å². The van der Waals surface area contributed by atoms with Crippen molar-refractivity contribution in [3.05, 3.63) is 28.8 Å². The van der Waals surface area contributed by atoms with E-state index in [1.54, 1.807) is 0 Å². The molecule has 0 amide bonds. The van der Waals surface area contributed by atoms with Gasteiger partial charge in [0.2, 0.25) is 0 Å². The Bertz CT molecular complexity index is 458. The third kappa shape index (κ3) is 1.92. The Balaban J connectivity index is 3.67. The number of nitrogens with two attached hydrogens (primary N) is 1. The van der Waals surface area contributed by atoms with Crippen LogP contribution in [0.1, 0.15) is 31.1 Å². The molecule has 84 valence electrons. The lowest BCUT2D eigenvalue weighted by molar-refractivity contribution is 0.0633. The predicted octanol–water partition coefficient (Wildman–Crippen LogP) is 0.363. The quantitative estimate of drug-likeness (QED) is 0.545. The second kappa shape index (κ2) is 3.89. The highest BCUT2D eigenvalue weighted by Gasteiger charge is 2.24. The number of carboxylic acids is 3. The number of hydrogen-bond acceptors (Lipinski definition) is 4. The minimum absolute atomic E-state index is 0.125. The van der Waals surface area contributed by atoms with Crippen LogP contribution in [0.15, 0.2) is 12.1 Å². The van der Waals surface area contributed by atoms with Gasteiger partial charge in [0.1, 0.15) is 0 Å². The molecule has 0 aliphatic carbocycles. The van der Waals surface area contributed by atoms with Gasteiger partial charge < -0.3 is 21.1 Å². The van der Waals surface area contributed by atoms with Crippen LogP contribution in [0.25, 0.3) is 0 Å². The lowest BCUT2D eigenvalue weighted by Gasteiger charge is -2.06. The molecule has 0 fully saturated rings. The summed E-state index contributed by atoms with van der Waals surface area (Å²) in [5.74, 6) is -4.73. The van der Waals surface area contributed by atoms with Crippen LogP contribution in [0.3, 0.4) is 0 Å². The molecule has 0 radical (unpaired) electrons. The van der Waals surface area contributed by atoms with Crippen LogP contribution in [-0.2, 0) is 0 Å². The molecule has 0 saturated carbocycles. The standard InChI is InChI=1S/C9H7NO6/c10-3-1-4(7(11)12)6(9(15)16)5(2-3)8(13)14/h1-2H,10H2,(H,11,12)(H,13,14)(H,15,16). The highest BCUT2D eigenvalue weighted by molar-refractivity contribution is 6.09. The maximum absolute atomic E-state index is 10.8. The van der Waals surface area contributed by atoms with Crippen LogP contribution in [0.4, 0.5) is 5.69 Å². The maximum Gasteiger partial charge on any atom is 0.337 e. The first kappa shape index (κ1) is 11.5. The lowest BCUT2D eigenvalue weighted by atomic mass is 10.00. The predicted molar refractivity (Wildman–Crippen MR) is 51.7 cm³/mol. The second-order valence-electron chi connectivity index (χ2n) is 2.91. The minimum Gasteiger partial charge on any atom is -0.478 e. The van der Waals surface area contributed by atoms with Crippen molar-refractivity contribution < 1.29 is 29.7 Å². The molecule has 5 N–H and O–H groups in total. The van der Waals surface area contributed by atoms with Gasteiger partial charge in [0.05, 0.1) is 16.7 Å². The number of rotatable bonds is 3. The molecule has 1 aromatic rings. The first-order chi connectivity index (χ1) is 7.34. The van der Waals surface area contributed by atoms with E-state index in [-0.39, 0.29) is 5.69 Å². The summed E-state index contributed by atoms with van der Waals surface area (Å²) < 4.78 is 0. The van der Waals surface area contributed by atoms with Gasteiger partial charge in [0.15, 0.2) is 0 Å².